The lowest BCUT2D eigenvalue weighted by molar-refractivity contribution is 0.150. The molecule has 0 saturated heterocycles. The molecule has 0 aliphatic heterocycles. The van der Waals surface area contributed by atoms with Crippen LogP contribution in [0.25, 0.3) is 10.8 Å². The molecule has 1 unspecified atom stereocenters. The second kappa shape index (κ2) is 4.86. The van der Waals surface area contributed by atoms with Crippen molar-refractivity contribution >= 4 is 10.8 Å². The van der Waals surface area contributed by atoms with E-state index < -0.39 is 6.10 Å². The summed E-state index contributed by atoms with van der Waals surface area (Å²) < 4.78 is 10.5. The molecule has 0 aromatic heterocycles. The maximum Gasteiger partial charge on any atom is 0.169 e. The van der Waals surface area contributed by atoms with E-state index in [-0.39, 0.29) is 0 Å². The molecule has 0 heterocycles. The predicted octanol–water partition coefficient (Wildman–Crippen LogP) is 3.06. The van der Waals surface area contributed by atoms with Gasteiger partial charge in [0, 0.05) is 18.1 Å². The van der Waals surface area contributed by atoms with Crippen molar-refractivity contribution in [1.82, 2.24) is 0 Å². The standard InChI is InChI=1S/C14H13NO2/c1-16-13-8-7-12(14(9-15)17-2)10-5-3-4-6-11(10)13/h3-8,14H,1-2H3. The van der Waals surface area contributed by atoms with Gasteiger partial charge in [0.15, 0.2) is 6.10 Å². The normalized spacial score (nSPS) is 12.1. The highest BCUT2D eigenvalue weighted by Crippen LogP contribution is 2.32. The second-order valence-electron chi connectivity index (χ2n) is 3.65. The predicted molar refractivity (Wildman–Crippen MR) is 65.9 cm³/mol. The molecule has 2 rings (SSSR count). The fourth-order valence-electron chi connectivity index (χ4n) is 1.95. The van der Waals surface area contributed by atoms with Crippen LogP contribution >= 0.6 is 0 Å². The highest BCUT2D eigenvalue weighted by atomic mass is 16.5. The van der Waals surface area contributed by atoms with E-state index >= 15 is 0 Å². The molecule has 0 spiro atoms. The van der Waals surface area contributed by atoms with Gasteiger partial charge >= 0.3 is 0 Å². The summed E-state index contributed by atoms with van der Waals surface area (Å²) in [7, 11) is 3.17. The molecule has 2 aromatic rings. The van der Waals surface area contributed by atoms with Crippen LogP contribution in [0, 0.1) is 11.3 Å². The van der Waals surface area contributed by atoms with E-state index in [1.807, 2.05) is 36.4 Å². The van der Waals surface area contributed by atoms with E-state index in [9.17, 15) is 0 Å². The molecule has 3 nitrogen and oxygen atoms in total. The Hall–Kier alpha value is -2.05. The van der Waals surface area contributed by atoms with E-state index in [0.29, 0.717) is 0 Å². The largest absolute Gasteiger partial charge is 0.496 e. The fourth-order valence-corrected chi connectivity index (χ4v) is 1.95. The summed E-state index contributed by atoms with van der Waals surface area (Å²) >= 11 is 0. The molecule has 2 aromatic carbocycles. The third kappa shape index (κ3) is 1.95. The van der Waals surface area contributed by atoms with Crippen LogP contribution < -0.4 is 4.74 Å². The van der Waals surface area contributed by atoms with Gasteiger partial charge in [0.25, 0.3) is 0 Å². The van der Waals surface area contributed by atoms with Crippen molar-refractivity contribution in [2.24, 2.45) is 0 Å². The van der Waals surface area contributed by atoms with Gasteiger partial charge in [-0.25, -0.2) is 0 Å². The van der Waals surface area contributed by atoms with Crippen LogP contribution in [-0.4, -0.2) is 14.2 Å². The van der Waals surface area contributed by atoms with Gasteiger partial charge in [-0.05, 0) is 11.5 Å². The Kier molecular flexibility index (Phi) is 3.27. The van der Waals surface area contributed by atoms with Gasteiger partial charge in [0.2, 0.25) is 0 Å². The first-order valence-electron chi connectivity index (χ1n) is 5.30. The highest BCUT2D eigenvalue weighted by Gasteiger charge is 2.14. The highest BCUT2D eigenvalue weighted by molar-refractivity contribution is 5.91. The molecule has 0 bridgehead atoms. The summed E-state index contributed by atoms with van der Waals surface area (Å²) in [5.74, 6) is 0.803. The number of hydrogen-bond donors (Lipinski definition) is 0. The number of rotatable bonds is 3. The summed E-state index contributed by atoms with van der Waals surface area (Å²) in [5, 5.41) is 11.0. The number of hydrogen-bond acceptors (Lipinski definition) is 3. The molecule has 0 radical (unpaired) electrons. The first-order valence-corrected chi connectivity index (χ1v) is 5.30. The Bertz CT molecular complexity index is 572. The first-order chi connectivity index (χ1) is 8.31. The van der Waals surface area contributed by atoms with Gasteiger partial charge in [0.1, 0.15) is 5.75 Å². The number of nitrogens with zero attached hydrogens (tertiary/aromatic N) is 1. The Morgan fingerprint density at radius 2 is 1.76 bits per heavy atom. The topological polar surface area (TPSA) is 42.2 Å². The summed E-state index contributed by atoms with van der Waals surface area (Å²) in [6.45, 7) is 0. The first kappa shape index (κ1) is 11.4. The van der Waals surface area contributed by atoms with Crippen LogP contribution in [0.5, 0.6) is 5.75 Å². The number of ether oxygens (including phenoxy) is 2. The minimum absolute atomic E-state index is 0.550. The second-order valence-corrected chi connectivity index (χ2v) is 3.65. The van der Waals surface area contributed by atoms with Gasteiger partial charge in [-0.1, -0.05) is 30.3 Å². The molecule has 86 valence electrons. The van der Waals surface area contributed by atoms with Crippen molar-refractivity contribution in [1.29, 1.82) is 5.26 Å². The molecule has 0 aliphatic carbocycles. The molecule has 0 N–H and O–H groups in total. The Morgan fingerprint density at radius 1 is 1.06 bits per heavy atom. The molecule has 0 saturated carbocycles. The SMILES string of the molecule is COc1ccc(C(C#N)OC)c2ccccc12. The van der Waals surface area contributed by atoms with Gasteiger partial charge in [-0.2, -0.15) is 5.26 Å². The summed E-state index contributed by atoms with van der Waals surface area (Å²) in [5.41, 5.74) is 0.867. The zero-order valence-corrected chi connectivity index (χ0v) is 9.81. The van der Waals surface area contributed by atoms with E-state index in [1.54, 1.807) is 7.11 Å². The fraction of sp³-hybridized carbons (Fsp3) is 0.214. The number of benzene rings is 2. The summed E-state index contributed by atoms with van der Waals surface area (Å²) in [6, 6.07) is 13.7. The van der Waals surface area contributed by atoms with E-state index in [2.05, 4.69) is 6.07 Å². The summed E-state index contributed by atoms with van der Waals surface area (Å²) in [6.07, 6.45) is -0.550. The maximum absolute atomic E-state index is 9.06. The van der Waals surface area contributed by atoms with Crippen molar-refractivity contribution < 1.29 is 9.47 Å². The lowest BCUT2D eigenvalue weighted by Gasteiger charge is -2.13. The Labute approximate surface area is 100 Å². The van der Waals surface area contributed by atoms with Crippen molar-refractivity contribution in [3.63, 3.8) is 0 Å². The van der Waals surface area contributed by atoms with Crippen LogP contribution in [-0.2, 0) is 4.74 Å². The molecular formula is C14H13NO2. The average molecular weight is 227 g/mol. The lowest BCUT2D eigenvalue weighted by Crippen LogP contribution is -1.99. The smallest absolute Gasteiger partial charge is 0.169 e. The number of fused-ring (bicyclic) bond motifs is 1. The van der Waals surface area contributed by atoms with E-state index in [0.717, 1.165) is 22.1 Å². The number of nitriles is 1. The van der Waals surface area contributed by atoms with Crippen molar-refractivity contribution in [3.05, 3.63) is 42.0 Å². The molecule has 1 atom stereocenters. The van der Waals surface area contributed by atoms with Crippen LogP contribution in [0.15, 0.2) is 36.4 Å². The molecule has 0 amide bonds. The minimum Gasteiger partial charge on any atom is -0.496 e. The van der Waals surface area contributed by atoms with Crippen molar-refractivity contribution in [2.45, 2.75) is 6.10 Å². The van der Waals surface area contributed by atoms with E-state index in [1.165, 1.54) is 7.11 Å². The van der Waals surface area contributed by atoms with Crippen molar-refractivity contribution in [3.8, 4) is 11.8 Å². The molecular weight excluding hydrogens is 214 g/mol. The van der Waals surface area contributed by atoms with Gasteiger partial charge in [-0.15, -0.1) is 0 Å². The summed E-state index contributed by atoms with van der Waals surface area (Å²) in [4.78, 5) is 0. The molecule has 0 fully saturated rings. The molecule has 0 aliphatic rings. The average Bonchev–Trinajstić information content (AvgIpc) is 2.40. The zero-order chi connectivity index (χ0) is 12.3. The lowest BCUT2D eigenvalue weighted by atomic mass is 10.00. The number of methoxy groups -OCH3 is 2. The molecule has 17 heavy (non-hydrogen) atoms. The Morgan fingerprint density at radius 3 is 2.35 bits per heavy atom. The zero-order valence-electron chi connectivity index (χ0n) is 9.81. The van der Waals surface area contributed by atoms with Crippen LogP contribution in [0.3, 0.4) is 0 Å². The quantitative estimate of drug-likeness (QED) is 0.809. The van der Waals surface area contributed by atoms with Crippen LogP contribution in [0.1, 0.15) is 11.7 Å². The minimum atomic E-state index is -0.550. The molecule has 3 heteroatoms. The van der Waals surface area contributed by atoms with Crippen LogP contribution in [0.4, 0.5) is 0 Å². The third-order valence-corrected chi connectivity index (χ3v) is 2.77. The maximum atomic E-state index is 9.06. The van der Waals surface area contributed by atoms with Gasteiger partial charge in [-0.3, -0.25) is 0 Å². The monoisotopic (exact) mass is 227 g/mol. The van der Waals surface area contributed by atoms with Crippen LogP contribution in [0.2, 0.25) is 0 Å². The van der Waals surface area contributed by atoms with E-state index in [4.69, 9.17) is 14.7 Å². The van der Waals surface area contributed by atoms with Crippen molar-refractivity contribution in [2.75, 3.05) is 14.2 Å². The van der Waals surface area contributed by atoms with Gasteiger partial charge in [0.05, 0.1) is 13.2 Å². The third-order valence-electron chi connectivity index (χ3n) is 2.77. The Balaban J connectivity index is 2.71. The van der Waals surface area contributed by atoms with Gasteiger partial charge < -0.3 is 9.47 Å².